The van der Waals surface area contributed by atoms with Crippen molar-refractivity contribution >= 4 is 26.8 Å². The Morgan fingerprint density at radius 2 is 1.62 bits per heavy atom. The van der Waals surface area contributed by atoms with Crippen molar-refractivity contribution in [2.75, 3.05) is 0 Å². The fraction of sp³-hybridized carbons (Fsp3) is 0. The highest BCUT2D eigenvalue weighted by Crippen LogP contribution is 2.37. The van der Waals surface area contributed by atoms with Crippen LogP contribution in [0.25, 0.3) is 22.2 Å². The molecule has 1 N–H and O–H groups in total. The van der Waals surface area contributed by atoms with Crippen molar-refractivity contribution in [1.82, 2.24) is 4.73 Å². The second-order valence-corrected chi connectivity index (χ2v) is 5.27. The molecule has 2 aromatic carbocycles. The lowest BCUT2D eigenvalue weighted by atomic mass is 10.1. The summed E-state index contributed by atoms with van der Waals surface area (Å²) in [6.45, 7) is 0. The van der Waals surface area contributed by atoms with Crippen LogP contribution in [0.5, 0.6) is 0 Å². The first-order valence-corrected chi connectivity index (χ1v) is 6.89. The molecule has 100 valence electrons. The van der Waals surface area contributed by atoms with Gasteiger partial charge in [-0.15, -0.1) is 0 Å². The SMILES string of the molecule is N#Cc1cc2c(Br)c(-c3ccccc3)n(O)c2cc1C#N. The van der Waals surface area contributed by atoms with E-state index < -0.39 is 0 Å². The van der Waals surface area contributed by atoms with Gasteiger partial charge in [-0.05, 0) is 28.1 Å². The summed E-state index contributed by atoms with van der Waals surface area (Å²) in [7, 11) is 0. The smallest absolute Gasteiger partial charge is 0.102 e. The molecule has 0 aliphatic heterocycles. The molecule has 0 aliphatic carbocycles. The van der Waals surface area contributed by atoms with E-state index in [4.69, 9.17) is 10.5 Å². The van der Waals surface area contributed by atoms with Crippen LogP contribution in [0.1, 0.15) is 11.1 Å². The molecule has 0 unspecified atom stereocenters. The predicted molar refractivity (Wildman–Crippen MR) is 81.7 cm³/mol. The van der Waals surface area contributed by atoms with Gasteiger partial charge in [-0.3, -0.25) is 0 Å². The number of fused-ring (bicyclic) bond motifs is 1. The van der Waals surface area contributed by atoms with Crippen LogP contribution in [0.15, 0.2) is 46.9 Å². The monoisotopic (exact) mass is 337 g/mol. The van der Waals surface area contributed by atoms with E-state index in [-0.39, 0.29) is 11.1 Å². The molecule has 3 aromatic rings. The van der Waals surface area contributed by atoms with Crippen molar-refractivity contribution in [3.8, 4) is 23.4 Å². The molecular formula is C16H8BrN3O. The Balaban J connectivity index is 2.41. The van der Waals surface area contributed by atoms with Crippen LogP contribution in [0, 0.1) is 22.7 Å². The van der Waals surface area contributed by atoms with E-state index in [1.807, 2.05) is 42.5 Å². The Morgan fingerprint density at radius 3 is 2.24 bits per heavy atom. The molecule has 0 radical (unpaired) electrons. The molecule has 3 rings (SSSR count). The van der Waals surface area contributed by atoms with Crippen LogP contribution in [0.3, 0.4) is 0 Å². The van der Waals surface area contributed by atoms with Crippen molar-refractivity contribution in [2.45, 2.75) is 0 Å². The molecule has 4 nitrogen and oxygen atoms in total. The van der Waals surface area contributed by atoms with Gasteiger partial charge in [0.2, 0.25) is 0 Å². The zero-order chi connectivity index (χ0) is 15.0. The van der Waals surface area contributed by atoms with Crippen LogP contribution in [0.4, 0.5) is 0 Å². The summed E-state index contributed by atoms with van der Waals surface area (Å²) >= 11 is 3.48. The molecule has 0 amide bonds. The average molecular weight is 338 g/mol. The molecule has 0 atom stereocenters. The Labute approximate surface area is 129 Å². The molecular weight excluding hydrogens is 330 g/mol. The Bertz CT molecular complexity index is 873. The Kier molecular flexibility index (Phi) is 3.13. The fourth-order valence-electron chi connectivity index (χ4n) is 2.31. The topological polar surface area (TPSA) is 72.7 Å². The second kappa shape index (κ2) is 4.97. The predicted octanol–water partition coefficient (Wildman–Crippen LogP) is 4.05. The lowest BCUT2D eigenvalue weighted by Gasteiger charge is -2.03. The molecule has 0 saturated heterocycles. The van der Waals surface area contributed by atoms with E-state index in [0.29, 0.717) is 21.1 Å². The highest BCUT2D eigenvalue weighted by Gasteiger charge is 2.18. The molecule has 0 saturated carbocycles. The zero-order valence-corrected chi connectivity index (χ0v) is 12.3. The van der Waals surface area contributed by atoms with Crippen molar-refractivity contribution in [3.05, 3.63) is 58.1 Å². The van der Waals surface area contributed by atoms with Crippen molar-refractivity contribution in [2.24, 2.45) is 0 Å². The average Bonchev–Trinajstić information content (AvgIpc) is 2.77. The molecule has 21 heavy (non-hydrogen) atoms. The summed E-state index contributed by atoms with van der Waals surface area (Å²) in [6, 6.07) is 16.5. The Hall–Kier alpha value is -2.76. The molecule has 5 heteroatoms. The lowest BCUT2D eigenvalue weighted by molar-refractivity contribution is 0.204. The van der Waals surface area contributed by atoms with Crippen LogP contribution in [-0.4, -0.2) is 9.94 Å². The fourth-order valence-corrected chi connectivity index (χ4v) is 3.02. The van der Waals surface area contributed by atoms with E-state index in [0.717, 1.165) is 10.3 Å². The minimum Gasteiger partial charge on any atom is -0.428 e. The number of benzene rings is 2. The Morgan fingerprint density at radius 1 is 1.00 bits per heavy atom. The molecule has 0 aliphatic rings. The van der Waals surface area contributed by atoms with Crippen molar-refractivity contribution < 1.29 is 5.21 Å². The maximum atomic E-state index is 10.4. The summed E-state index contributed by atoms with van der Waals surface area (Å²) in [6.07, 6.45) is 0. The first-order chi connectivity index (χ1) is 10.2. The van der Waals surface area contributed by atoms with E-state index in [1.165, 1.54) is 6.07 Å². The van der Waals surface area contributed by atoms with Crippen LogP contribution < -0.4 is 0 Å². The maximum Gasteiger partial charge on any atom is 0.102 e. The molecule has 0 bridgehead atoms. The van der Waals surface area contributed by atoms with E-state index >= 15 is 0 Å². The quantitative estimate of drug-likeness (QED) is 0.680. The first kappa shape index (κ1) is 13.2. The number of hydrogen-bond donors (Lipinski definition) is 1. The van der Waals surface area contributed by atoms with Gasteiger partial charge in [0.1, 0.15) is 17.8 Å². The standard InChI is InChI=1S/C16H8BrN3O/c17-15-13-6-11(8-18)12(9-19)7-14(13)20(21)16(15)10-4-2-1-3-5-10/h1-7,21H. The number of aromatic nitrogens is 1. The number of nitrogens with zero attached hydrogens (tertiary/aromatic N) is 3. The normalized spacial score (nSPS) is 10.2. The van der Waals surface area contributed by atoms with Gasteiger partial charge < -0.3 is 5.21 Å². The largest absolute Gasteiger partial charge is 0.428 e. The summed E-state index contributed by atoms with van der Waals surface area (Å²) in [5, 5.41) is 29.3. The molecule has 0 spiro atoms. The van der Waals surface area contributed by atoms with Gasteiger partial charge in [-0.2, -0.15) is 15.3 Å². The summed E-state index contributed by atoms with van der Waals surface area (Å²) in [5.41, 5.74) is 2.43. The van der Waals surface area contributed by atoms with E-state index in [2.05, 4.69) is 15.9 Å². The third kappa shape index (κ3) is 1.96. The highest BCUT2D eigenvalue weighted by molar-refractivity contribution is 9.10. The van der Waals surface area contributed by atoms with Crippen LogP contribution in [-0.2, 0) is 0 Å². The molecule has 1 aromatic heterocycles. The zero-order valence-electron chi connectivity index (χ0n) is 10.7. The van der Waals surface area contributed by atoms with Crippen molar-refractivity contribution in [3.63, 3.8) is 0 Å². The van der Waals surface area contributed by atoms with Gasteiger partial charge in [-0.25, -0.2) is 0 Å². The van der Waals surface area contributed by atoms with Gasteiger partial charge in [-0.1, -0.05) is 30.3 Å². The van der Waals surface area contributed by atoms with Gasteiger partial charge in [0.15, 0.2) is 0 Å². The van der Waals surface area contributed by atoms with E-state index in [9.17, 15) is 5.21 Å². The lowest BCUT2D eigenvalue weighted by Crippen LogP contribution is -1.94. The maximum absolute atomic E-state index is 10.4. The van der Waals surface area contributed by atoms with Crippen LogP contribution in [0.2, 0.25) is 0 Å². The molecule has 0 fully saturated rings. The third-order valence-corrected chi connectivity index (χ3v) is 4.11. The van der Waals surface area contributed by atoms with Gasteiger partial charge in [0.05, 0.1) is 21.1 Å². The summed E-state index contributed by atoms with van der Waals surface area (Å²) < 4.78 is 1.73. The van der Waals surface area contributed by atoms with E-state index in [1.54, 1.807) is 6.07 Å². The van der Waals surface area contributed by atoms with Gasteiger partial charge in [0, 0.05) is 10.9 Å². The molecule has 1 heterocycles. The van der Waals surface area contributed by atoms with Crippen molar-refractivity contribution in [1.29, 1.82) is 10.5 Å². The number of hydrogen-bond acceptors (Lipinski definition) is 3. The van der Waals surface area contributed by atoms with Crippen LogP contribution >= 0.6 is 15.9 Å². The van der Waals surface area contributed by atoms with Gasteiger partial charge >= 0.3 is 0 Å². The van der Waals surface area contributed by atoms with Gasteiger partial charge in [0.25, 0.3) is 0 Å². The summed E-state index contributed by atoms with van der Waals surface area (Å²) in [5.74, 6) is 0. The second-order valence-electron chi connectivity index (χ2n) is 4.48. The number of halogens is 1. The third-order valence-electron chi connectivity index (χ3n) is 3.31. The first-order valence-electron chi connectivity index (χ1n) is 6.10. The minimum absolute atomic E-state index is 0.241. The minimum atomic E-state index is 0.241. The highest BCUT2D eigenvalue weighted by atomic mass is 79.9. The number of rotatable bonds is 1. The summed E-state index contributed by atoms with van der Waals surface area (Å²) in [4.78, 5) is 0. The number of nitriles is 2.